The van der Waals surface area contributed by atoms with Crippen molar-refractivity contribution in [1.82, 2.24) is 9.55 Å². The monoisotopic (exact) mass is 202 g/mol. The van der Waals surface area contributed by atoms with Gasteiger partial charge >= 0.3 is 0 Å². The Morgan fingerprint density at radius 1 is 1.33 bits per heavy atom. The van der Waals surface area contributed by atoms with Gasteiger partial charge in [-0.05, 0) is 17.5 Å². The third kappa shape index (κ3) is 1.86. The van der Waals surface area contributed by atoms with Crippen LogP contribution in [0.2, 0.25) is 0 Å². The number of phenolic OH excluding ortho intramolecular Hbond substituents is 1. The second-order valence-corrected chi connectivity index (χ2v) is 3.87. The van der Waals surface area contributed by atoms with Gasteiger partial charge in [0.2, 0.25) is 0 Å². The van der Waals surface area contributed by atoms with Gasteiger partial charge in [-0.3, -0.25) is 0 Å². The summed E-state index contributed by atoms with van der Waals surface area (Å²) < 4.78 is 1.86. The number of rotatable bonds is 2. The summed E-state index contributed by atoms with van der Waals surface area (Å²) in [5.41, 5.74) is 1.90. The Morgan fingerprint density at radius 3 is 2.67 bits per heavy atom. The Balaban J connectivity index is 2.42. The average Bonchev–Trinajstić information content (AvgIpc) is 2.69. The quantitative estimate of drug-likeness (QED) is 0.813. The molecule has 0 atom stereocenters. The van der Waals surface area contributed by atoms with E-state index in [-0.39, 0.29) is 0 Å². The van der Waals surface area contributed by atoms with Crippen LogP contribution < -0.4 is 0 Å². The van der Waals surface area contributed by atoms with Gasteiger partial charge in [0, 0.05) is 18.5 Å². The highest BCUT2D eigenvalue weighted by Crippen LogP contribution is 2.27. The van der Waals surface area contributed by atoms with E-state index < -0.39 is 0 Å². The molecule has 2 aromatic rings. The fraction of sp³-hybridized carbons (Fsp3) is 0.250. The van der Waals surface area contributed by atoms with Crippen molar-refractivity contribution >= 4 is 0 Å². The van der Waals surface area contributed by atoms with Crippen molar-refractivity contribution in [3.05, 3.63) is 42.5 Å². The minimum atomic E-state index is 0.335. The Morgan fingerprint density at radius 2 is 2.13 bits per heavy atom. The van der Waals surface area contributed by atoms with Gasteiger partial charge in [-0.15, -0.1) is 0 Å². The minimum Gasteiger partial charge on any atom is -0.508 e. The molecule has 1 N–H and O–H groups in total. The van der Waals surface area contributed by atoms with Crippen molar-refractivity contribution in [1.29, 1.82) is 0 Å². The molecule has 0 bridgehead atoms. The van der Waals surface area contributed by atoms with E-state index in [1.807, 2.05) is 22.9 Å². The fourth-order valence-electron chi connectivity index (χ4n) is 1.59. The number of imidazole rings is 1. The van der Waals surface area contributed by atoms with Crippen molar-refractivity contribution in [3.63, 3.8) is 0 Å². The lowest BCUT2D eigenvalue weighted by molar-refractivity contribution is 0.464. The van der Waals surface area contributed by atoms with E-state index in [1.165, 1.54) is 0 Å². The number of aromatic hydroxyl groups is 1. The zero-order valence-electron chi connectivity index (χ0n) is 8.88. The zero-order chi connectivity index (χ0) is 10.8. The van der Waals surface area contributed by atoms with Gasteiger partial charge in [0.25, 0.3) is 0 Å². The first-order chi connectivity index (χ1) is 7.18. The van der Waals surface area contributed by atoms with E-state index in [0.717, 1.165) is 11.3 Å². The molecule has 15 heavy (non-hydrogen) atoms. The normalized spacial score (nSPS) is 10.9. The van der Waals surface area contributed by atoms with E-state index in [4.69, 9.17) is 0 Å². The highest BCUT2D eigenvalue weighted by molar-refractivity contribution is 5.45. The maximum Gasteiger partial charge on any atom is 0.121 e. The predicted molar refractivity (Wildman–Crippen MR) is 59.3 cm³/mol. The molecule has 0 fully saturated rings. The van der Waals surface area contributed by atoms with Crippen LogP contribution in [0.4, 0.5) is 0 Å². The number of phenols is 1. The van der Waals surface area contributed by atoms with Crippen LogP contribution in [0.1, 0.15) is 25.3 Å². The lowest BCUT2D eigenvalue weighted by Gasteiger charge is -2.10. The lowest BCUT2D eigenvalue weighted by atomic mass is 10.0. The molecule has 1 heterocycles. The molecule has 0 amide bonds. The summed E-state index contributed by atoms with van der Waals surface area (Å²) in [6.07, 6.45) is 5.28. The zero-order valence-corrected chi connectivity index (χ0v) is 8.88. The Bertz CT molecular complexity index is 447. The highest BCUT2D eigenvalue weighted by atomic mass is 16.3. The summed E-state index contributed by atoms with van der Waals surface area (Å²) >= 11 is 0. The van der Waals surface area contributed by atoms with Crippen LogP contribution in [0.15, 0.2) is 36.9 Å². The third-order valence-corrected chi connectivity index (χ3v) is 2.44. The standard InChI is InChI=1S/C12H14N2O/c1-9(2)11-4-3-10(7-12(11)15)14-6-5-13-8-14/h3-9,15H,1-2H3. The van der Waals surface area contributed by atoms with E-state index in [9.17, 15) is 5.11 Å². The average molecular weight is 202 g/mol. The molecule has 0 saturated heterocycles. The van der Waals surface area contributed by atoms with Gasteiger partial charge in [-0.1, -0.05) is 19.9 Å². The van der Waals surface area contributed by atoms with Gasteiger partial charge in [0.15, 0.2) is 0 Å². The molecule has 0 saturated carbocycles. The number of nitrogens with zero attached hydrogens (tertiary/aromatic N) is 2. The molecule has 0 aliphatic rings. The first-order valence-electron chi connectivity index (χ1n) is 4.99. The smallest absolute Gasteiger partial charge is 0.121 e. The molecule has 2 rings (SSSR count). The van der Waals surface area contributed by atoms with Crippen LogP contribution in [0.25, 0.3) is 5.69 Å². The molecule has 3 nitrogen and oxygen atoms in total. The topological polar surface area (TPSA) is 38.0 Å². The summed E-state index contributed by atoms with van der Waals surface area (Å²) in [7, 11) is 0. The minimum absolute atomic E-state index is 0.335. The number of aromatic nitrogens is 2. The van der Waals surface area contributed by atoms with Crippen molar-refractivity contribution in [2.45, 2.75) is 19.8 Å². The molecule has 0 spiro atoms. The first kappa shape index (κ1) is 9.77. The van der Waals surface area contributed by atoms with Crippen LogP contribution in [0.3, 0.4) is 0 Å². The van der Waals surface area contributed by atoms with Crippen molar-refractivity contribution in [3.8, 4) is 11.4 Å². The molecule has 0 aliphatic carbocycles. The maximum atomic E-state index is 9.83. The Labute approximate surface area is 89.0 Å². The van der Waals surface area contributed by atoms with Crippen molar-refractivity contribution in [2.24, 2.45) is 0 Å². The SMILES string of the molecule is CC(C)c1ccc(-n2ccnc2)cc1O. The van der Waals surface area contributed by atoms with E-state index in [1.54, 1.807) is 18.6 Å². The number of benzene rings is 1. The Hall–Kier alpha value is -1.77. The molecule has 0 radical (unpaired) electrons. The van der Waals surface area contributed by atoms with Crippen LogP contribution in [0.5, 0.6) is 5.75 Å². The largest absolute Gasteiger partial charge is 0.508 e. The van der Waals surface area contributed by atoms with Crippen LogP contribution in [0, 0.1) is 0 Å². The maximum absolute atomic E-state index is 9.83. The highest BCUT2D eigenvalue weighted by Gasteiger charge is 2.06. The van der Waals surface area contributed by atoms with Crippen molar-refractivity contribution in [2.75, 3.05) is 0 Å². The van der Waals surface area contributed by atoms with Gasteiger partial charge < -0.3 is 9.67 Å². The van der Waals surface area contributed by atoms with Crippen LogP contribution >= 0.6 is 0 Å². The first-order valence-corrected chi connectivity index (χ1v) is 4.99. The predicted octanol–water partition coefficient (Wildman–Crippen LogP) is 2.70. The summed E-state index contributed by atoms with van der Waals surface area (Å²) in [6, 6.07) is 5.70. The van der Waals surface area contributed by atoms with E-state index in [2.05, 4.69) is 18.8 Å². The summed E-state index contributed by atoms with van der Waals surface area (Å²) in [6.45, 7) is 4.12. The molecule has 1 aromatic carbocycles. The molecular weight excluding hydrogens is 188 g/mol. The van der Waals surface area contributed by atoms with Gasteiger partial charge in [-0.2, -0.15) is 0 Å². The van der Waals surface area contributed by atoms with E-state index in [0.29, 0.717) is 11.7 Å². The fourth-order valence-corrected chi connectivity index (χ4v) is 1.59. The van der Waals surface area contributed by atoms with E-state index >= 15 is 0 Å². The number of hydrogen-bond acceptors (Lipinski definition) is 2. The van der Waals surface area contributed by atoms with Crippen LogP contribution in [-0.4, -0.2) is 14.7 Å². The second kappa shape index (κ2) is 3.77. The lowest BCUT2D eigenvalue weighted by Crippen LogP contribution is -1.93. The van der Waals surface area contributed by atoms with Crippen LogP contribution in [-0.2, 0) is 0 Å². The number of hydrogen-bond donors (Lipinski definition) is 1. The summed E-state index contributed by atoms with van der Waals surface area (Å²) in [4.78, 5) is 3.97. The molecule has 3 heteroatoms. The molecule has 1 aromatic heterocycles. The van der Waals surface area contributed by atoms with Gasteiger partial charge in [-0.25, -0.2) is 4.98 Å². The van der Waals surface area contributed by atoms with Gasteiger partial charge in [0.1, 0.15) is 5.75 Å². The Kier molecular flexibility index (Phi) is 2.46. The second-order valence-electron chi connectivity index (χ2n) is 3.87. The van der Waals surface area contributed by atoms with Gasteiger partial charge in [0.05, 0.1) is 12.0 Å². The van der Waals surface area contributed by atoms with Crippen molar-refractivity contribution < 1.29 is 5.11 Å². The molecule has 78 valence electrons. The summed E-state index contributed by atoms with van der Waals surface area (Å²) in [5, 5.41) is 9.83. The molecular formula is C12H14N2O. The third-order valence-electron chi connectivity index (χ3n) is 2.44. The molecule has 0 aliphatic heterocycles. The summed E-state index contributed by atoms with van der Waals surface area (Å²) in [5.74, 6) is 0.679. The molecule has 0 unspecified atom stereocenters.